The first-order valence-electron chi connectivity index (χ1n) is 8.54. The van der Waals surface area contributed by atoms with Gasteiger partial charge in [0.05, 0.1) is 28.6 Å². The molecule has 1 heterocycles. The Labute approximate surface area is 175 Å². The van der Waals surface area contributed by atoms with Crippen LogP contribution in [0.25, 0.3) is 0 Å². The summed E-state index contributed by atoms with van der Waals surface area (Å²) in [6.45, 7) is 0.148. The summed E-state index contributed by atoms with van der Waals surface area (Å²) in [5, 5.41) is 14.2. The number of para-hydroxylation sites is 1. The molecule has 150 valence electrons. The van der Waals surface area contributed by atoms with Gasteiger partial charge in [-0.25, -0.2) is 4.39 Å². The number of amides is 2. The molecule has 10 heteroatoms. The maximum atomic E-state index is 13.6. The van der Waals surface area contributed by atoms with Crippen molar-refractivity contribution < 1.29 is 14.0 Å². The second-order valence-electron chi connectivity index (χ2n) is 5.94. The van der Waals surface area contributed by atoms with Crippen molar-refractivity contribution in [2.45, 2.75) is 11.7 Å². The van der Waals surface area contributed by atoms with E-state index in [-0.39, 0.29) is 29.8 Å². The first-order valence-corrected chi connectivity index (χ1v) is 9.90. The second-order valence-corrected chi connectivity index (χ2v) is 7.29. The molecule has 7 nitrogen and oxygen atoms in total. The van der Waals surface area contributed by atoms with E-state index in [1.165, 1.54) is 12.1 Å². The van der Waals surface area contributed by atoms with Crippen LogP contribution in [0.4, 0.5) is 10.1 Å². The number of thioether (sulfide) groups is 1. The van der Waals surface area contributed by atoms with Crippen LogP contribution in [-0.2, 0) is 18.4 Å². The number of nitrogens with zero attached hydrogens (tertiary/aromatic N) is 3. The summed E-state index contributed by atoms with van der Waals surface area (Å²) in [5.74, 6) is -0.635. The van der Waals surface area contributed by atoms with Gasteiger partial charge in [-0.15, -0.1) is 10.2 Å². The summed E-state index contributed by atoms with van der Waals surface area (Å²) in [6, 6.07) is 12.7. The van der Waals surface area contributed by atoms with Gasteiger partial charge in [-0.05, 0) is 24.3 Å². The van der Waals surface area contributed by atoms with Crippen LogP contribution in [0, 0.1) is 5.82 Å². The van der Waals surface area contributed by atoms with Crippen LogP contribution in [0.5, 0.6) is 0 Å². The van der Waals surface area contributed by atoms with Crippen LogP contribution in [0.15, 0.2) is 53.7 Å². The minimum Gasteiger partial charge on any atom is -0.345 e. The van der Waals surface area contributed by atoms with Crippen molar-refractivity contribution in [3.05, 3.63) is 70.8 Å². The highest BCUT2D eigenvalue weighted by Crippen LogP contribution is 2.18. The molecule has 0 fully saturated rings. The molecule has 2 aromatic carbocycles. The van der Waals surface area contributed by atoms with Crippen LogP contribution < -0.4 is 10.6 Å². The van der Waals surface area contributed by atoms with Crippen molar-refractivity contribution in [1.82, 2.24) is 20.1 Å². The third-order valence-electron chi connectivity index (χ3n) is 3.93. The van der Waals surface area contributed by atoms with Crippen LogP contribution in [0.2, 0.25) is 5.02 Å². The van der Waals surface area contributed by atoms with Crippen LogP contribution >= 0.6 is 23.4 Å². The van der Waals surface area contributed by atoms with Crippen molar-refractivity contribution in [2.75, 3.05) is 11.1 Å². The lowest BCUT2D eigenvalue weighted by atomic mass is 10.2. The lowest BCUT2D eigenvalue weighted by molar-refractivity contribution is -0.113. The Kier molecular flexibility index (Phi) is 6.84. The predicted molar refractivity (Wildman–Crippen MR) is 109 cm³/mol. The molecule has 2 N–H and O–H groups in total. The Morgan fingerprint density at radius 1 is 1.14 bits per heavy atom. The van der Waals surface area contributed by atoms with Gasteiger partial charge in [-0.2, -0.15) is 0 Å². The van der Waals surface area contributed by atoms with E-state index in [2.05, 4.69) is 20.8 Å². The molecule has 1 aromatic heterocycles. The number of halogens is 2. The van der Waals surface area contributed by atoms with Crippen LogP contribution in [-0.4, -0.2) is 32.3 Å². The number of benzene rings is 2. The standard InChI is InChI=1S/C19H17ClFN5O2S/c1-26-16(10-22-18(28)12-6-2-3-7-13(12)20)24-25-19(26)29-11-17(27)23-15-9-5-4-8-14(15)21/h2-9H,10-11H2,1H3,(H,22,28)(H,23,27). The summed E-state index contributed by atoms with van der Waals surface area (Å²) >= 11 is 7.17. The molecule has 3 aromatic rings. The molecule has 0 saturated carbocycles. The van der Waals surface area contributed by atoms with E-state index in [1.807, 2.05) is 0 Å². The maximum Gasteiger partial charge on any atom is 0.253 e. The van der Waals surface area contributed by atoms with E-state index in [0.717, 1.165) is 11.8 Å². The normalized spacial score (nSPS) is 10.6. The maximum absolute atomic E-state index is 13.6. The molecule has 0 unspecified atom stereocenters. The van der Waals surface area contributed by atoms with Gasteiger partial charge in [0.1, 0.15) is 5.82 Å². The van der Waals surface area contributed by atoms with Crippen LogP contribution in [0.3, 0.4) is 0 Å². The summed E-state index contributed by atoms with van der Waals surface area (Å²) in [7, 11) is 1.73. The Morgan fingerprint density at radius 2 is 1.86 bits per heavy atom. The summed E-state index contributed by atoms with van der Waals surface area (Å²) in [6.07, 6.45) is 0. The summed E-state index contributed by atoms with van der Waals surface area (Å²) in [4.78, 5) is 24.3. The molecule has 0 aliphatic carbocycles. The van der Waals surface area contributed by atoms with Crippen LogP contribution in [0.1, 0.15) is 16.2 Å². The third kappa shape index (κ3) is 5.33. The average Bonchev–Trinajstić information content (AvgIpc) is 3.06. The molecular formula is C19H17ClFN5O2S. The lowest BCUT2D eigenvalue weighted by Gasteiger charge is -2.07. The van der Waals surface area contributed by atoms with Gasteiger partial charge in [0, 0.05) is 7.05 Å². The molecule has 0 spiro atoms. The van der Waals surface area contributed by atoms with Gasteiger partial charge in [0.25, 0.3) is 5.91 Å². The van der Waals surface area contributed by atoms with Gasteiger partial charge in [0.15, 0.2) is 11.0 Å². The summed E-state index contributed by atoms with van der Waals surface area (Å²) < 4.78 is 15.3. The van der Waals surface area contributed by atoms with E-state index < -0.39 is 5.82 Å². The van der Waals surface area contributed by atoms with Crippen molar-refractivity contribution in [2.24, 2.45) is 7.05 Å². The Hall–Kier alpha value is -2.91. The predicted octanol–water partition coefficient (Wildman–Crippen LogP) is 3.27. The zero-order valence-electron chi connectivity index (χ0n) is 15.4. The Bertz CT molecular complexity index is 1040. The smallest absolute Gasteiger partial charge is 0.253 e. The van der Waals surface area contributed by atoms with E-state index in [4.69, 9.17) is 11.6 Å². The number of hydrogen-bond acceptors (Lipinski definition) is 5. The first-order chi connectivity index (χ1) is 14.0. The minimum atomic E-state index is -0.499. The SMILES string of the molecule is Cn1c(CNC(=O)c2ccccc2Cl)nnc1SCC(=O)Nc1ccccc1F. The van der Waals surface area contributed by atoms with Gasteiger partial charge in [-0.3, -0.25) is 9.59 Å². The quantitative estimate of drug-likeness (QED) is 0.558. The fourth-order valence-electron chi connectivity index (χ4n) is 2.40. The first kappa shape index (κ1) is 20.8. The molecule has 0 bridgehead atoms. The Balaban J connectivity index is 1.54. The largest absolute Gasteiger partial charge is 0.345 e. The highest BCUT2D eigenvalue weighted by atomic mass is 35.5. The second kappa shape index (κ2) is 9.53. The van der Waals surface area contributed by atoms with Gasteiger partial charge in [0.2, 0.25) is 5.91 Å². The fourth-order valence-corrected chi connectivity index (χ4v) is 3.36. The van der Waals surface area contributed by atoms with E-state index in [0.29, 0.717) is 21.6 Å². The Morgan fingerprint density at radius 3 is 2.62 bits per heavy atom. The van der Waals surface area contributed by atoms with E-state index in [1.54, 1.807) is 48.0 Å². The van der Waals surface area contributed by atoms with Gasteiger partial charge < -0.3 is 15.2 Å². The monoisotopic (exact) mass is 433 g/mol. The number of carbonyl (C=O) groups excluding carboxylic acids is 2. The molecule has 3 rings (SSSR count). The highest BCUT2D eigenvalue weighted by Gasteiger charge is 2.14. The van der Waals surface area contributed by atoms with Crippen molar-refractivity contribution in [1.29, 1.82) is 0 Å². The third-order valence-corrected chi connectivity index (χ3v) is 5.28. The number of nitrogens with one attached hydrogen (secondary N) is 2. The molecule has 0 aliphatic heterocycles. The average molecular weight is 434 g/mol. The van der Waals surface area contributed by atoms with Crippen molar-refractivity contribution >= 4 is 40.9 Å². The molecule has 0 saturated heterocycles. The molecule has 0 radical (unpaired) electrons. The highest BCUT2D eigenvalue weighted by molar-refractivity contribution is 7.99. The fraction of sp³-hybridized carbons (Fsp3) is 0.158. The molecule has 0 aliphatic rings. The van der Waals surface area contributed by atoms with Gasteiger partial charge in [-0.1, -0.05) is 47.6 Å². The van der Waals surface area contributed by atoms with Gasteiger partial charge >= 0.3 is 0 Å². The van der Waals surface area contributed by atoms with E-state index in [9.17, 15) is 14.0 Å². The number of aromatic nitrogens is 3. The number of hydrogen-bond donors (Lipinski definition) is 2. The minimum absolute atomic E-state index is 0.0340. The topological polar surface area (TPSA) is 88.9 Å². The molecule has 29 heavy (non-hydrogen) atoms. The summed E-state index contributed by atoms with van der Waals surface area (Å²) in [5.41, 5.74) is 0.495. The number of rotatable bonds is 7. The lowest BCUT2D eigenvalue weighted by Crippen LogP contribution is -2.24. The van der Waals surface area contributed by atoms with Crippen molar-refractivity contribution in [3.8, 4) is 0 Å². The zero-order valence-corrected chi connectivity index (χ0v) is 16.9. The molecular weight excluding hydrogens is 417 g/mol. The molecule has 0 atom stereocenters. The molecule has 2 amide bonds. The number of carbonyl (C=O) groups is 2. The zero-order chi connectivity index (χ0) is 20.8. The van der Waals surface area contributed by atoms with E-state index >= 15 is 0 Å². The van der Waals surface area contributed by atoms with Crippen molar-refractivity contribution in [3.63, 3.8) is 0 Å². The number of anilines is 1.